The van der Waals surface area contributed by atoms with Crippen LogP contribution >= 0.6 is 15.9 Å². The molecule has 5 heteroatoms. The van der Waals surface area contributed by atoms with Crippen LogP contribution in [0.25, 0.3) is 6.08 Å². The fourth-order valence-corrected chi connectivity index (χ4v) is 1.55. The van der Waals surface area contributed by atoms with Gasteiger partial charge in [0.2, 0.25) is 0 Å². The van der Waals surface area contributed by atoms with Gasteiger partial charge in [0.15, 0.2) is 0 Å². The van der Waals surface area contributed by atoms with Crippen LogP contribution in [0.3, 0.4) is 0 Å². The largest absolute Gasteiger partial charge is 0.416 e. The van der Waals surface area contributed by atoms with Crippen LogP contribution in [0.15, 0.2) is 24.3 Å². The lowest BCUT2D eigenvalue weighted by Gasteiger charge is -2.08. The minimum absolute atomic E-state index is 0.0262. The summed E-state index contributed by atoms with van der Waals surface area (Å²) in [6.45, 7) is 0. The Bertz CT molecular complexity index is 424. The molecule has 0 unspecified atom stereocenters. The van der Waals surface area contributed by atoms with Gasteiger partial charge in [0.25, 0.3) is 0 Å². The average Bonchev–Trinajstić information content (AvgIpc) is 2.28. The molecule has 0 saturated carbocycles. The van der Waals surface area contributed by atoms with E-state index in [0.717, 1.165) is 17.5 Å². The van der Waals surface area contributed by atoms with E-state index in [1.165, 1.54) is 6.07 Å². The predicted octanol–water partition coefficient (Wildman–Crippen LogP) is 4.32. The van der Waals surface area contributed by atoms with Gasteiger partial charge in [-0.1, -0.05) is 28.1 Å². The van der Waals surface area contributed by atoms with E-state index in [0.29, 0.717) is 18.3 Å². The molecule has 1 rings (SSSR count). The Kier molecular flexibility index (Phi) is 4.93. The molecule has 1 aromatic carbocycles. The highest BCUT2D eigenvalue weighted by atomic mass is 79.9. The summed E-state index contributed by atoms with van der Waals surface area (Å²) in [7, 11) is 0. The van der Waals surface area contributed by atoms with E-state index in [1.807, 2.05) is 0 Å². The first-order valence-corrected chi connectivity index (χ1v) is 5.99. The Morgan fingerprint density at radius 3 is 2.35 bits per heavy atom. The lowest BCUT2D eigenvalue weighted by molar-refractivity contribution is -0.137. The van der Waals surface area contributed by atoms with Gasteiger partial charge in [-0.05, 0) is 30.2 Å². The van der Waals surface area contributed by atoms with Crippen molar-refractivity contribution in [3.8, 4) is 0 Å². The molecule has 0 spiro atoms. The van der Waals surface area contributed by atoms with E-state index in [2.05, 4.69) is 15.9 Å². The van der Waals surface area contributed by atoms with E-state index in [-0.39, 0.29) is 5.56 Å². The number of carbonyl (C=O) groups is 1. The Morgan fingerprint density at radius 1 is 1.18 bits per heavy atom. The van der Waals surface area contributed by atoms with Crippen molar-refractivity contribution in [2.75, 3.05) is 5.33 Å². The second-order valence-electron chi connectivity index (χ2n) is 3.38. The number of rotatable bonds is 4. The van der Waals surface area contributed by atoms with Gasteiger partial charge in [-0.15, -0.1) is 0 Å². The summed E-state index contributed by atoms with van der Waals surface area (Å²) in [6.07, 6.45) is 0.0170. The third-order valence-corrected chi connectivity index (χ3v) is 2.48. The van der Waals surface area contributed by atoms with Gasteiger partial charge < -0.3 is 0 Å². The van der Waals surface area contributed by atoms with Crippen molar-refractivity contribution < 1.29 is 18.0 Å². The van der Waals surface area contributed by atoms with E-state index in [4.69, 9.17) is 0 Å². The molecule has 0 heterocycles. The summed E-state index contributed by atoms with van der Waals surface area (Å²) >= 11 is 3.21. The third-order valence-electron chi connectivity index (χ3n) is 2.03. The number of benzene rings is 1. The molecule has 92 valence electrons. The quantitative estimate of drug-likeness (QED) is 0.598. The van der Waals surface area contributed by atoms with Crippen molar-refractivity contribution in [1.82, 2.24) is 0 Å². The van der Waals surface area contributed by atoms with Crippen LogP contribution in [-0.4, -0.2) is 11.6 Å². The molecule has 0 amide bonds. The van der Waals surface area contributed by atoms with Crippen LogP contribution in [0.5, 0.6) is 0 Å². The topological polar surface area (TPSA) is 17.1 Å². The minimum Gasteiger partial charge on any atom is -0.298 e. The molecule has 0 aromatic heterocycles. The maximum Gasteiger partial charge on any atom is 0.416 e. The first kappa shape index (κ1) is 14.0. The first-order valence-electron chi connectivity index (χ1n) is 4.87. The number of allylic oxidation sites excluding steroid dienone is 1. The van der Waals surface area contributed by atoms with E-state index < -0.39 is 11.7 Å². The summed E-state index contributed by atoms with van der Waals surface area (Å²) in [5.41, 5.74) is -0.401. The average molecular weight is 307 g/mol. The maximum absolute atomic E-state index is 12.5. The molecule has 1 nitrogen and oxygen atoms in total. The van der Waals surface area contributed by atoms with Gasteiger partial charge in [0.05, 0.1) is 5.56 Å². The van der Waals surface area contributed by atoms with Crippen LogP contribution in [0.1, 0.15) is 27.9 Å². The van der Waals surface area contributed by atoms with Gasteiger partial charge in [-0.25, -0.2) is 0 Å². The molecule has 17 heavy (non-hydrogen) atoms. The minimum atomic E-state index is -4.43. The van der Waals surface area contributed by atoms with Crippen molar-refractivity contribution in [3.63, 3.8) is 0 Å². The second kappa shape index (κ2) is 6.00. The molecule has 0 aliphatic rings. The van der Waals surface area contributed by atoms with E-state index in [1.54, 1.807) is 12.2 Å². The van der Waals surface area contributed by atoms with E-state index in [9.17, 15) is 18.0 Å². The van der Waals surface area contributed by atoms with Crippen molar-refractivity contribution in [3.05, 3.63) is 41.0 Å². The molecule has 0 radical (unpaired) electrons. The van der Waals surface area contributed by atoms with Crippen LogP contribution in [-0.2, 0) is 6.18 Å². The SMILES string of the molecule is O=Cc1cc(C=CCCBr)cc(C(F)(F)F)c1. The zero-order valence-electron chi connectivity index (χ0n) is 8.80. The van der Waals surface area contributed by atoms with Crippen molar-refractivity contribution in [2.45, 2.75) is 12.6 Å². The van der Waals surface area contributed by atoms with Crippen molar-refractivity contribution in [2.24, 2.45) is 0 Å². The van der Waals surface area contributed by atoms with Gasteiger partial charge in [0, 0.05) is 10.9 Å². The zero-order valence-corrected chi connectivity index (χ0v) is 10.4. The lowest BCUT2D eigenvalue weighted by atomic mass is 10.1. The molecular formula is C12H10BrF3O. The second-order valence-corrected chi connectivity index (χ2v) is 4.18. The van der Waals surface area contributed by atoms with Crippen LogP contribution < -0.4 is 0 Å². The molecule has 0 atom stereocenters. The van der Waals surface area contributed by atoms with Gasteiger partial charge in [-0.3, -0.25) is 4.79 Å². The normalized spacial score (nSPS) is 12.0. The Balaban J connectivity index is 3.10. The number of hydrogen-bond acceptors (Lipinski definition) is 1. The highest BCUT2D eigenvalue weighted by molar-refractivity contribution is 9.09. The molecular weight excluding hydrogens is 297 g/mol. The van der Waals surface area contributed by atoms with Crippen LogP contribution in [0.2, 0.25) is 0 Å². The first-order chi connectivity index (χ1) is 7.97. The number of aldehydes is 1. The van der Waals surface area contributed by atoms with Gasteiger partial charge in [0.1, 0.15) is 6.29 Å². The molecule has 0 aliphatic carbocycles. The van der Waals surface area contributed by atoms with Gasteiger partial charge >= 0.3 is 6.18 Å². The Hall–Kier alpha value is -1.10. The fourth-order valence-electron chi connectivity index (χ4n) is 1.29. The lowest BCUT2D eigenvalue weighted by Crippen LogP contribution is -2.06. The molecule has 0 saturated heterocycles. The Morgan fingerprint density at radius 2 is 1.82 bits per heavy atom. The molecule has 0 fully saturated rings. The summed E-state index contributed by atoms with van der Waals surface area (Å²) < 4.78 is 37.6. The summed E-state index contributed by atoms with van der Waals surface area (Å²) in [4.78, 5) is 10.6. The number of hydrogen-bond donors (Lipinski definition) is 0. The predicted molar refractivity (Wildman–Crippen MR) is 64.3 cm³/mol. The monoisotopic (exact) mass is 306 g/mol. The molecule has 0 bridgehead atoms. The molecule has 0 N–H and O–H groups in total. The van der Waals surface area contributed by atoms with Crippen molar-refractivity contribution in [1.29, 1.82) is 0 Å². The highest BCUT2D eigenvalue weighted by Crippen LogP contribution is 2.30. The third kappa shape index (κ3) is 4.34. The molecule has 0 aliphatic heterocycles. The smallest absolute Gasteiger partial charge is 0.298 e. The number of carbonyl (C=O) groups excluding carboxylic acids is 1. The van der Waals surface area contributed by atoms with E-state index >= 15 is 0 Å². The highest BCUT2D eigenvalue weighted by Gasteiger charge is 2.30. The van der Waals surface area contributed by atoms with Crippen molar-refractivity contribution >= 4 is 28.3 Å². The fraction of sp³-hybridized carbons (Fsp3) is 0.250. The zero-order chi connectivity index (χ0) is 12.9. The molecule has 1 aromatic rings. The van der Waals surface area contributed by atoms with Crippen LogP contribution in [0, 0.1) is 0 Å². The standard InChI is InChI=1S/C12H10BrF3O/c13-4-2-1-3-9-5-10(8-17)7-11(6-9)12(14,15)16/h1,3,5-8H,2,4H2. The number of alkyl halides is 4. The Labute approximate surface area is 105 Å². The van der Waals surface area contributed by atoms with Gasteiger partial charge in [-0.2, -0.15) is 13.2 Å². The van der Waals surface area contributed by atoms with Crippen LogP contribution in [0.4, 0.5) is 13.2 Å². The summed E-state index contributed by atoms with van der Waals surface area (Å²) in [6, 6.07) is 3.29. The maximum atomic E-state index is 12.5. The summed E-state index contributed by atoms with van der Waals surface area (Å²) in [5.74, 6) is 0. The summed E-state index contributed by atoms with van der Waals surface area (Å²) in [5, 5.41) is 0.739. The number of halogens is 4.